The second-order valence-electron chi connectivity index (χ2n) is 2.38. The fourth-order valence-corrected chi connectivity index (χ4v) is 1.77. The van der Waals surface area contributed by atoms with Crippen LogP contribution in [0.3, 0.4) is 0 Å². The van der Waals surface area contributed by atoms with E-state index in [1.807, 2.05) is 25.4 Å². The summed E-state index contributed by atoms with van der Waals surface area (Å²) in [6.07, 6.45) is 8.21. The monoisotopic (exact) mass is 171 g/mol. The van der Waals surface area contributed by atoms with Crippen LogP contribution < -0.4 is 0 Å². The number of nitrogens with zero attached hydrogens (tertiary/aromatic N) is 1. The standard InChI is InChI=1S/C8H13NOS/c1-9-5-3-2-4-8(9)11-7-6-10/h2-5,8,10H,6-7H2,1H3. The van der Waals surface area contributed by atoms with E-state index in [1.54, 1.807) is 11.8 Å². The van der Waals surface area contributed by atoms with E-state index >= 15 is 0 Å². The Morgan fingerprint density at radius 3 is 3.00 bits per heavy atom. The van der Waals surface area contributed by atoms with E-state index in [4.69, 9.17) is 5.11 Å². The molecule has 1 atom stereocenters. The summed E-state index contributed by atoms with van der Waals surface area (Å²) in [7, 11) is 2.04. The first-order valence-corrected chi connectivity index (χ1v) is 4.69. The Labute approximate surface area is 71.6 Å². The minimum Gasteiger partial charge on any atom is -0.396 e. The van der Waals surface area contributed by atoms with Gasteiger partial charge in [-0.2, -0.15) is 0 Å². The Morgan fingerprint density at radius 1 is 1.55 bits per heavy atom. The van der Waals surface area contributed by atoms with Crippen molar-refractivity contribution in [3.05, 3.63) is 24.4 Å². The minimum absolute atomic E-state index is 0.257. The zero-order valence-electron chi connectivity index (χ0n) is 6.60. The van der Waals surface area contributed by atoms with E-state index in [1.165, 1.54) is 0 Å². The molecule has 11 heavy (non-hydrogen) atoms. The lowest BCUT2D eigenvalue weighted by atomic mass is 10.4. The maximum Gasteiger partial charge on any atom is 0.0931 e. The van der Waals surface area contributed by atoms with E-state index in [0.717, 1.165) is 5.75 Å². The molecule has 0 saturated heterocycles. The molecule has 1 heterocycles. The first kappa shape index (κ1) is 8.68. The third-order valence-corrected chi connectivity index (χ3v) is 2.74. The second-order valence-corrected chi connectivity index (χ2v) is 3.60. The number of hydrogen-bond acceptors (Lipinski definition) is 3. The molecular weight excluding hydrogens is 158 g/mol. The predicted molar refractivity (Wildman–Crippen MR) is 49.4 cm³/mol. The molecule has 0 bridgehead atoms. The number of thioether (sulfide) groups is 1. The van der Waals surface area contributed by atoms with Crippen LogP contribution in [0.25, 0.3) is 0 Å². The minimum atomic E-state index is 0.257. The average Bonchev–Trinajstić information content (AvgIpc) is 2.03. The number of aliphatic hydroxyl groups excluding tert-OH is 1. The van der Waals surface area contributed by atoms with E-state index in [0.29, 0.717) is 5.37 Å². The summed E-state index contributed by atoms with van der Waals surface area (Å²) < 4.78 is 0. The number of aliphatic hydroxyl groups is 1. The maximum atomic E-state index is 8.60. The van der Waals surface area contributed by atoms with Gasteiger partial charge in [-0.3, -0.25) is 0 Å². The van der Waals surface area contributed by atoms with Crippen molar-refractivity contribution in [2.75, 3.05) is 19.4 Å². The molecule has 0 fully saturated rings. The third-order valence-electron chi connectivity index (χ3n) is 1.49. The first-order chi connectivity index (χ1) is 5.34. The van der Waals surface area contributed by atoms with Crippen molar-refractivity contribution >= 4 is 11.8 Å². The molecule has 0 aromatic heterocycles. The number of likely N-dealkylation sites (N-methyl/N-ethyl adjacent to an activating group) is 1. The lowest BCUT2D eigenvalue weighted by molar-refractivity contribution is 0.322. The highest BCUT2D eigenvalue weighted by Crippen LogP contribution is 2.18. The Kier molecular flexibility index (Phi) is 3.52. The summed E-state index contributed by atoms with van der Waals surface area (Å²) >= 11 is 1.74. The Bertz CT molecular complexity index is 167. The molecular formula is C8H13NOS. The van der Waals surface area contributed by atoms with Crippen LogP contribution in [-0.2, 0) is 0 Å². The first-order valence-electron chi connectivity index (χ1n) is 3.64. The van der Waals surface area contributed by atoms with E-state index < -0.39 is 0 Å². The van der Waals surface area contributed by atoms with Crippen molar-refractivity contribution in [2.45, 2.75) is 5.37 Å². The Balaban J connectivity index is 2.33. The van der Waals surface area contributed by atoms with Crippen LogP contribution in [0.15, 0.2) is 24.4 Å². The molecule has 1 N–H and O–H groups in total. The van der Waals surface area contributed by atoms with Gasteiger partial charge in [-0.15, -0.1) is 11.8 Å². The summed E-state index contributed by atoms with van der Waals surface area (Å²) in [5.41, 5.74) is 0. The average molecular weight is 171 g/mol. The summed E-state index contributed by atoms with van der Waals surface area (Å²) in [6.45, 7) is 0.257. The quantitative estimate of drug-likeness (QED) is 0.686. The van der Waals surface area contributed by atoms with Gasteiger partial charge in [-0.1, -0.05) is 12.2 Å². The van der Waals surface area contributed by atoms with Crippen LogP contribution in [-0.4, -0.2) is 34.8 Å². The van der Waals surface area contributed by atoms with Gasteiger partial charge in [0, 0.05) is 19.0 Å². The van der Waals surface area contributed by atoms with Crippen LogP contribution >= 0.6 is 11.8 Å². The van der Waals surface area contributed by atoms with E-state index in [9.17, 15) is 0 Å². The molecule has 2 nitrogen and oxygen atoms in total. The molecule has 1 unspecified atom stereocenters. The van der Waals surface area contributed by atoms with Gasteiger partial charge in [0.15, 0.2) is 0 Å². The highest BCUT2D eigenvalue weighted by molar-refractivity contribution is 8.00. The van der Waals surface area contributed by atoms with Crippen molar-refractivity contribution in [3.63, 3.8) is 0 Å². The lowest BCUT2D eigenvalue weighted by Gasteiger charge is -2.25. The van der Waals surface area contributed by atoms with Crippen molar-refractivity contribution in [1.29, 1.82) is 0 Å². The zero-order chi connectivity index (χ0) is 8.10. The molecule has 0 radical (unpaired) electrons. The molecule has 1 rings (SSSR count). The Hall–Kier alpha value is -0.410. The molecule has 0 spiro atoms. The summed E-state index contributed by atoms with van der Waals surface area (Å²) in [4.78, 5) is 2.13. The summed E-state index contributed by atoms with van der Waals surface area (Å²) in [5.74, 6) is 0.799. The maximum absolute atomic E-state index is 8.60. The van der Waals surface area contributed by atoms with Crippen LogP contribution in [0.2, 0.25) is 0 Å². The fourth-order valence-electron chi connectivity index (χ4n) is 0.912. The second kappa shape index (κ2) is 4.46. The molecule has 0 aliphatic carbocycles. The fraction of sp³-hybridized carbons (Fsp3) is 0.500. The summed E-state index contributed by atoms with van der Waals surface area (Å²) in [5, 5.41) is 9.00. The van der Waals surface area contributed by atoms with Crippen molar-refractivity contribution in [1.82, 2.24) is 4.90 Å². The zero-order valence-corrected chi connectivity index (χ0v) is 7.42. The molecule has 0 saturated carbocycles. The number of rotatable bonds is 3. The smallest absolute Gasteiger partial charge is 0.0931 e. The molecule has 62 valence electrons. The van der Waals surface area contributed by atoms with Crippen molar-refractivity contribution in [2.24, 2.45) is 0 Å². The van der Waals surface area contributed by atoms with Gasteiger partial charge in [-0.05, 0) is 6.08 Å². The topological polar surface area (TPSA) is 23.5 Å². The predicted octanol–water partition coefficient (Wildman–Crippen LogP) is 1.05. The van der Waals surface area contributed by atoms with E-state index in [-0.39, 0.29) is 6.61 Å². The van der Waals surface area contributed by atoms with Gasteiger partial charge in [0.05, 0.1) is 12.0 Å². The normalized spacial score (nSPS) is 22.7. The number of allylic oxidation sites excluding steroid dienone is 2. The van der Waals surface area contributed by atoms with Gasteiger partial charge >= 0.3 is 0 Å². The molecule has 0 aromatic rings. The number of hydrogen-bond donors (Lipinski definition) is 1. The Morgan fingerprint density at radius 2 is 2.36 bits per heavy atom. The highest BCUT2D eigenvalue weighted by Gasteiger charge is 2.09. The summed E-state index contributed by atoms with van der Waals surface area (Å²) in [6, 6.07) is 0. The molecule has 3 heteroatoms. The van der Waals surface area contributed by atoms with Crippen molar-refractivity contribution < 1.29 is 5.11 Å². The SMILES string of the molecule is CN1C=CC=CC1SCCO. The lowest BCUT2D eigenvalue weighted by Crippen LogP contribution is -2.23. The van der Waals surface area contributed by atoms with Crippen molar-refractivity contribution in [3.8, 4) is 0 Å². The molecule has 0 aromatic carbocycles. The molecule has 0 amide bonds. The van der Waals surface area contributed by atoms with Crippen LogP contribution in [0, 0.1) is 0 Å². The van der Waals surface area contributed by atoms with Crippen LogP contribution in [0.1, 0.15) is 0 Å². The molecule has 1 aliphatic rings. The van der Waals surface area contributed by atoms with Gasteiger partial charge in [0.2, 0.25) is 0 Å². The van der Waals surface area contributed by atoms with Gasteiger partial charge in [0.25, 0.3) is 0 Å². The van der Waals surface area contributed by atoms with Gasteiger partial charge in [-0.25, -0.2) is 0 Å². The van der Waals surface area contributed by atoms with Gasteiger partial charge < -0.3 is 10.0 Å². The third kappa shape index (κ3) is 2.60. The largest absolute Gasteiger partial charge is 0.396 e. The van der Waals surface area contributed by atoms with Crippen LogP contribution in [0.5, 0.6) is 0 Å². The van der Waals surface area contributed by atoms with Crippen LogP contribution in [0.4, 0.5) is 0 Å². The highest BCUT2D eigenvalue weighted by atomic mass is 32.2. The molecule has 1 aliphatic heterocycles. The van der Waals surface area contributed by atoms with Gasteiger partial charge in [0.1, 0.15) is 0 Å². The van der Waals surface area contributed by atoms with E-state index in [2.05, 4.69) is 11.0 Å².